The molecular weight excluding hydrogens is 254 g/mol. The minimum Gasteiger partial charge on any atom is -0.383 e. The van der Waals surface area contributed by atoms with Gasteiger partial charge in [0.2, 0.25) is 5.91 Å². The highest BCUT2D eigenvalue weighted by atomic mass is 16.5. The Balaban J connectivity index is 1.72. The summed E-state index contributed by atoms with van der Waals surface area (Å²) in [5, 5.41) is 3.36. The molecule has 20 heavy (non-hydrogen) atoms. The molecule has 116 valence electrons. The molecule has 0 unspecified atom stereocenters. The van der Waals surface area contributed by atoms with E-state index >= 15 is 0 Å². The van der Waals surface area contributed by atoms with Crippen LogP contribution >= 0.6 is 0 Å². The van der Waals surface area contributed by atoms with Crippen molar-refractivity contribution in [3.05, 3.63) is 0 Å². The first-order valence-electron chi connectivity index (χ1n) is 7.99. The summed E-state index contributed by atoms with van der Waals surface area (Å²) in [6, 6.07) is 0. The molecule has 0 aliphatic carbocycles. The van der Waals surface area contributed by atoms with E-state index in [0.717, 1.165) is 78.1 Å². The number of amides is 1. The van der Waals surface area contributed by atoms with Gasteiger partial charge < -0.3 is 15.0 Å². The minimum atomic E-state index is 0.366. The molecule has 0 spiro atoms. The first kappa shape index (κ1) is 15.7. The second-order valence-electron chi connectivity index (χ2n) is 5.97. The van der Waals surface area contributed by atoms with Crippen LogP contribution in [0.1, 0.15) is 25.7 Å². The Morgan fingerprint density at radius 2 is 2.00 bits per heavy atom. The van der Waals surface area contributed by atoms with Crippen molar-refractivity contribution in [1.82, 2.24) is 15.1 Å². The molecule has 2 saturated heterocycles. The lowest BCUT2D eigenvalue weighted by Gasteiger charge is -2.26. The van der Waals surface area contributed by atoms with E-state index in [4.69, 9.17) is 4.74 Å². The van der Waals surface area contributed by atoms with Gasteiger partial charge in [0.1, 0.15) is 0 Å². The second-order valence-corrected chi connectivity index (χ2v) is 5.97. The summed E-state index contributed by atoms with van der Waals surface area (Å²) < 4.78 is 5.13. The van der Waals surface area contributed by atoms with Gasteiger partial charge >= 0.3 is 0 Å². The Hall–Kier alpha value is -0.650. The molecule has 0 saturated carbocycles. The molecule has 0 bridgehead atoms. The molecule has 0 aromatic carbocycles. The van der Waals surface area contributed by atoms with Gasteiger partial charge in [-0.15, -0.1) is 0 Å². The average Bonchev–Trinajstić information content (AvgIpc) is 2.72. The van der Waals surface area contributed by atoms with E-state index in [1.807, 2.05) is 0 Å². The summed E-state index contributed by atoms with van der Waals surface area (Å²) in [7, 11) is 1.74. The van der Waals surface area contributed by atoms with E-state index in [2.05, 4.69) is 15.1 Å². The zero-order chi connectivity index (χ0) is 14.2. The number of methoxy groups -OCH3 is 1. The molecule has 2 heterocycles. The highest BCUT2D eigenvalue weighted by Gasteiger charge is 2.22. The molecule has 0 radical (unpaired) electrons. The molecule has 1 amide bonds. The fraction of sp³-hybridized carbons (Fsp3) is 0.933. The first-order chi connectivity index (χ1) is 9.79. The third-order valence-electron chi connectivity index (χ3n) is 4.47. The Morgan fingerprint density at radius 3 is 2.75 bits per heavy atom. The van der Waals surface area contributed by atoms with E-state index in [1.165, 1.54) is 0 Å². The average molecular weight is 283 g/mol. The molecular formula is C15H29N3O2. The maximum absolute atomic E-state index is 12.4. The predicted octanol–water partition coefficient (Wildman–Crippen LogP) is 0.557. The number of carbonyl (C=O) groups is 1. The number of rotatable bonds is 5. The Labute approximate surface area is 122 Å². The fourth-order valence-electron chi connectivity index (χ4n) is 3.13. The van der Waals surface area contributed by atoms with Gasteiger partial charge in [0, 0.05) is 39.7 Å². The van der Waals surface area contributed by atoms with Gasteiger partial charge in [-0.3, -0.25) is 9.69 Å². The molecule has 2 rings (SSSR count). The van der Waals surface area contributed by atoms with Gasteiger partial charge in [0.25, 0.3) is 0 Å². The molecule has 0 aromatic heterocycles. The van der Waals surface area contributed by atoms with Crippen LogP contribution in [0.3, 0.4) is 0 Å². The number of nitrogens with zero attached hydrogens (tertiary/aromatic N) is 2. The zero-order valence-electron chi connectivity index (χ0n) is 12.8. The summed E-state index contributed by atoms with van der Waals surface area (Å²) in [5.74, 6) is 0.960. The van der Waals surface area contributed by atoms with E-state index in [1.54, 1.807) is 7.11 Å². The Kier molecular flexibility index (Phi) is 6.76. The summed E-state index contributed by atoms with van der Waals surface area (Å²) in [6.07, 6.45) is 4.14. The van der Waals surface area contributed by atoms with Crippen LogP contribution in [-0.2, 0) is 9.53 Å². The smallest absolute Gasteiger partial charge is 0.222 e. The second kappa shape index (κ2) is 8.60. The third-order valence-corrected chi connectivity index (χ3v) is 4.47. The predicted molar refractivity (Wildman–Crippen MR) is 79.7 cm³/mol. The van der Waals surface area contributed by atoms with Crippen molar-refractivity contribution in [2.45, 2.75) is 25.7 Å². The molecule has 2 aliphatic heterocycles. The van der Waals surface area contributed by atoms with Crippen molar-refractivity contribution in [3.63, 3.8) is 0 Å². The SMILES string of the molecule is COCCN1CCCN(C(=O)CC2CCNCC2)CC1. The minimum absolute atomic E-state index is 0.366. The van der Waals surface area contributed by atoms with Gasteiger partial charge in [0.15, 0.2) is 0 Å². The lowest BCUT2D eigenvalue weighted by molar-refractivity contribution is -0.132. The molecule has 2 fully saturated rings. The van der Waals surface area contributed by atoms with E-state index in [0.29, 0.717) is 11.8 Å². The van der Waals surface area contributed by atoms with Crippen LogP contribution in [0.5, 0.6) is 0 Å². The molecule has 5 heteroatoms. The van der Waals surface area contributed by atoms with Crippen LogP contribution in [0.4, 0.5) is 0 Å². The van der Waals surface area contributed by atoms with Crippen LogP contribution in [0.15, 0.2) is 0 Å². The Bertz CT molecular complexity index is 293. The van der Waals surface area contributed by atoms with Crippen molar-refractivity contribution in [1.29, 1.82) is 0 Å². The van der Waals surface area contributed by atoms with E-state index < -0.39 is 0 Å². The maximum atomic E-state index is 12.4. The number of carbonyl (C=O) groups excluding carboxylic acids is 1. The van der Waals surface area contributed by atoms with Gasteiger partial charge in [-0.25, -0.2) is 0 Å². The van der Waals surface area contributed by atoms with Gasteiger partial charge in [0.05, 0.1) is 6.61 Å². The summed E-state index contributed by atoms with van der Waals surface area (Å²) in [4.78, 5) is 16.9. The maximum Gasteiger partial charge on any atom is 0.222 e. The van der Waals surface area contributed by atoms with Crippen molar-refractivity contribution in [2.24, 2.45) is 5.92 Å². The summed E-state index contributed by atoms with van der Waals surface area (Å²) in [6.45, 7) is 7.78. The number of piperidine rings is 1. The normalized spacial score (nSPS) is 22.8. The van der Waals surface area contributed by atoms with Crippen LogP contribution < -0.4 is 5.32 Å². The van der Waals surface area contributed by atoms with Gasteiger partial charge in [-0.2, -0.15) is 0 Å². The van der Waals surface area contributed by atoms with Gasteiger partial charge in [-0.05, 0) is 44.8 Å². The van der Waals surface area contributed by atoms with Crippen molar-refractivity contribution >= 4 is 5.91 Å². The van der Waals surface area contributed by atoms with E-state index in [-0.39, 0.29) is 0 Å². The molecule has 1 N–H and O–H groups in total. The number of hydrogen-bond donors (Lipinski definition) is 1. The summed E-state index contributed by atoms with van der Waals surface area (Å²) in [5.41, 5.74) is 0. The van der Waals surface area contributed by atoms with Crippen molar-refractivity contribution in [3.8, 4) is 0 Å². The monoisotopic (exact) mass is 283 g/mol. The number of hydrogen-bond acceptors (Lipinski definition) is 4. The van der Waals surface area contributed by atoms with Crippen LogP contribution in [0.2, 0.25) is 0 Å². The van der Waals surface area contributed by atoms with E-state index in [9.17, 15) is 4.79 Å². The fourth-order valence-corrected chi connectivity index (χ4v) is 3.13. The zero-order valence-corrected chi connectivity index (χ0v) is 12.8. The molecule has 0 atom stereocenters. The summed E-state index contributed by atoms with van der Waals surface area (Å²) >= 11 is 0. The first-order valence-corrected chi connectivity index (χ1v) is 7.99. The van der Waals surface area contributed by atoms with Crippen LogP contribution in [0.25, 0.3) is 0 Å². The quantitative estimate of drug-likeness (QED) is 0.801. The highest BCUT2D eigenvalue weighted by Crippen LogP contribution is 2.17. The van der Waals surface area contributed by atoms with Crippen LogP contribution in [0, 0.1) is 5.92 Å². The van der Waals surface area contributed by atoms with Gasteiger partial charge in [-0.1, -0.05) is 0 Å². The topological polar surface area (TPSA) is 44.8 Å². The van der Waals surface area contributed by atoms with Crippen molar-refractivity contribution < 1.29 is 9.53 Å². The van der Waals surface area contributed by atoms with Crippen LogP contribution in [-0.4, -0.2) is 75.2 Å². The molecule has 5 nitrogen and oxygen atoms in total. The highest BCUT2D eigenvalue weighted by molar-refractivity contribution is 5.76. The third kappa shape index (κ3) is 5.04. The standard InChI is InChI=1S/C15H29N3O2/c1-20-12-11-17-7-2-8-18(10-9-17)15(19)13-14-3-5-16-6-4-14/h14,16H,2-13H2,1H3. The molecule has 0 aromatic rings. The number of nitrogens with one attached hydrogen (secondary N) is 1. The lowest BCUT2D eigenvalue weighted by Crippen LogP contribution is -2.38. The molecule has 2 aliphatic rings. The largest absolute Gasteiger partial charge is 0.383 e. The number of ether oxygens (including phenoxy) is 1. The lowest BCUT2D eigenvalue weighted by atomic mass is 9.94. The Morgan fingerprint density at radius 1 is 1.20 bits per heavy atom. The van der Waals surface area contributed by atoms with Crippen molar-refractivity contribution in [2.75, 3.05) is 59.5 Å².